The summed E-state index contributed by atoms with van der Waals surface area (Å²) >= 11 is 6.63. The highest BCUT2D eigenvalue weighted by atomic mass is 35.5. The molecule has 1 fully saturated rings. The van der Waals surface area contributed by atoms with Crippen molar-refractivity contribution in [1.82, 2.24) is 30.2 Å². The Kier molecular flexibility index (Phi) is 12.5. The van der Waals surface area contributed by atoms with Crippen LogP contribution in [0.3, 0.4) is 0 Å². The van der Waals surface area contributed by atoms with Crippen molar-refractivity contribution in [1.29, 1.82) is 0 Å². The van der Waals surface area contributed by atoms with Gasteiger partial charge in [0.05, 0.1) is 27.2 Å². The van der Waals surface area contributed by atoms with Gasteiger partial charge in [-0.2, -0.15) is 19.0 Å². The number of allylic oxidation sites excluding steroid dienone is 2. The molecule has 64 heavy (non-hydrogen) atoms. The molecule has 2 aliphatic carbocycles. The topological polar surface area (TPSA) is 157 Å². The van der Waals surface area contributed by atoms with E-state index in [1.54, 1.807) is 0 Å². The van der Waals surface area contributed by atoms with Crippen molar-refractivity contribution in [2.75, 3.05) is 11.0 Å². The van der Waals surface area contributed by atoms with Crippen molar-refractivity contribution in [3.63, 3.8) is 0 Å². The van der Waals surface area contributed by atoms with E-state index in [4.69, 9.17) is 11.6 Å². The second kappa shape index (κ2) is 17.0. The zero-order chi connectivity index (χ0) is 46.8. The molecule has 0 spiro atoms. The first-order chi connectivity index (χ1) is 29.8. The quantitative estimate of drug-likeness (QED) is 0.0875. The number of anilines is 1. The number of amides is 1. The fraction of sp³-hybridized carbons (Fsp3) is 0.439. The normalized spacial score (nSPS) is 19.2. The minimum atomic E-state index is -4.03. The highest BCUT2D eigenvalue weighted by Crippen LogP contribution is 2.51. The predicted molar refractivity (Wildman–Crippen MR) is 222 cm³/mol. The molecule has 0 bridgehead atoms. The lowest BCUT2D eigenvalue weighted by Gasteiger charge is -2.30. The van der Waals surface area contributed by atoms with Gasteiger partial charge in [-0.1, -0.05) is 42.5 Å². The molecule has 2 aromatic heterocycles. The number of sulfonamides is 1. The average molecular weight is 962 g/mol. The maximum Gasteiger partial charge on any atom is 0.290 e. The van der Waals surface area contributed by atoms with Crippen LogP contribution < -0.4 is 15.4 Å². The SMILES string of the molecule is C[C@H]1CC(F)(F)c2c1c(C(F)F)nn2CC(=O)N[C@@H](Cc1cc(F)cc(F)c1)C1=C(c2ccc(Cl)c3c(NS(=O)(=O)C4CC4)nn(CC(F)F)c23)C=CC(C#CC(C)(C)S(C)(=O)=O)N1. The van der Waals surface area contributed by atoms with E-state index in [9.17, 15) is 48.0 Å². The zero-order valence-corrected chi connectivity index (χ0v) is 36.7. The number of aromatic nitrogens is 4. The Hall–Kier alpha value is -5.14. The molecule has 3 aliphatic rings. The number of halogens is 9. The van der Waals surface area contributed by atoms with Crippen LogP contribution in [-0.2, 0) is 50.1 Å². The molecule has 0 saturated heterocycles. The van der Waals surface area contributed by atoms with Crippen LogP contribution in [0.4, 0.5) is 40.9 Å². The van der Waals surface area contributed by atoms with E-state index in [0.717, 1.165) is 23.1 Å². The summed E-state index contributed by atoms with van der Waals surface area (Å²) in [5.74, 6) is -2.66. The van der Waals surface area contributed by atoms with Gasteiger partial charge in [0.2, 0.25) is 15.9 Å². The summed E-state index contributed by atoms with van der Waals surface area (Å²) in [4.78, 5) is 14.1. The van der Waals surface area contributed by atoms with Crippen LogP contribution >= 0.6 is 11.6 Å². The van der Waals surface area contributed by atoms with Crippen LogP contribution in [0.25, 0.3) is 16.5 Å². The number of hydrogen-bond acceptors (Lipinski definition) is 8. The Balaban J connectivity index is 1.42. The summed E-state index contributed by atoms with van der Waals surface area (Å²) in [6.07, 6.45) is -3.03. The van der Waals surface area contributed by atoms with Crippen molar-refractivity contribution in [3.8, 4) is 11.8 Å². The second-order valence-electron chi connectivity index (χ2n) is 16.5. The minimum absolute atomic E-state index is 0.0517. The van der Waals surface area contributed by atoms with Gasteiger partial charge in [0.1, 0.15) is 46.9 Å². The van der Waals surface area contributed by atoms with Crippen LogP contribution in [-0.4, -0.2) is 77.1 Å². The lowest BCUT2D eigenvalue weighted by Crippen LogP contribution is -2.46. The fourth-order valence-corrected chi connectivity index (χ4v) is 9.57. The number of carbonyl (C=O) groups is 1. The predicted octanol–water partition coefficient (Wildman–Crippen LogP) is 7.36. The maximum absolute atomic E-state index is 15.3. The summed E-state index contributed by atoms with van der Waals surface area (Å²) in [7, 11) is -7.80. The van der Waals surface area contributed by atoms with Gasteiger partial charge in [-0.3, -0.25) is 18.9 Å². The number of nitrogens with zero attached hydrogens (tertiary/aromatic N) is 4. The molecule has 2 aromatic carbocycles. The molecule has 344 valence electrons. The van der Waals surface area contributed by atoms with Gasteiger partial charge in [0.25, 0.3) is 18.8 Å². The number of fused-ring (bicyclic) bond motifs is 2. The Morgan fingerprint density at radius 2 is 1.72 bits per heavy atom. The van der Waals surface area contributed by atoms with E-state index in [-0.39, 0.29) is 44.1 Å². The van der Waals surface area contributed by atoms with Crippen molar-refractivity contribution in [3.05, 3.63) is 92.9 Å². The number of hydrogen-bond donors (Lipinski definition) is 3. The first kappa shape index (κ1) is 46.8. The van der Waals surface area contributed by atoms with Gasteiger partial charge in [-0.05, 0) is 68.9 Å². The number of benzene rings is 2. The molecule has 7 rings (SSSR count). The Morgan fingerprint density at radius 3 is 2.33 bits per heavy atom. The highest BCUT2D eigenvalue weighted by Gasteiger charge is 2.50. The molecular weight excluding hydrogens is 922 g/mol. The van der Waals surface area contributed by atoms with Gasteiger partial charge >= 0.3 is 0 Å². The van der Waals surface area contributed by atoms with E-state index in [2.05, 4.69) is 37.4 Å². The molecule has 1 saturated carbocycles. The van der Waals surface area contributed by atoms with E-state index >= 15 is 8.78 Å². The average Bonchev–Trinajstić information content (AvgIpc) is 3.82. The lowest BCUT2D eigenvalue weighted by molar-refractivity contribution is -0.122. The molecule has 0 radical (unpaired) electrons. The molecule has 1 unspecified atom stereocenters. The number of nitrogens with one attached hydrogen (secondary N) is 3. The highest BCUT2D eigenvalue weighted by molar-refractivity contribution is 7.93. The molecule has 3 N–H and O–H groups in total. The van der Waals surface area contributed by atoms with Crippen molar-refractivity contribution >= 4 is 59.7 Å². The van der Waals surface area contributed by atoms with Gasteiger partial charge < -0.3 is 10.6 Å². The number of dihydropyridines is 1. The van der Waals surface area contributed by atoms with Gasteiger partial charge in [0, 0.05) is 41.1 Å². The third kappa shape index (κ3) is 9.47. The monoisotopic (exact) mass is 961 g/mol. The third-order valence-corrected chi connectivity index (χ3v) is 15.2. The van der Waals surface area contributed by atoms with E-state index in [1.807, 2.05) is 0 Å². The Morgan fingerprint density at radius 1 is 1.05 bits per heavy atom. The Bertz CT molecular complexity index is 2880. The van der Waals surface area contributed by atoms with E-state index in [1.165, 1.54) is 45.1 Å². The van der Waals surface area contributed by atoms with Crippen molar-refractivity contribution in [2.24, 2.45) is 0 Å². The zero-order valence-electron chi connectivity index (χ0n) is 34.3. The van der Waals surface area contributed by atoms with Crippen LogP contribution in [0.15, 0.2) is 48.2 Å². The number of carbonyl (C=O) groups excluding carboxylic acids is 1. The molecule has 1 amide bonds. The fourth-order valence-electron chi connectivity index (χ4n) is 7.75. The van der Waals surface area contributed by atoms with Crippen LogP contribution in [0, 0.1) is 23.5 Å². The van der Waals surface area contributed by atoms with Crippen LogP contribution in [0.2, 0.25) is 5.02 Å². The van der Waals surface area contributed by atoms with Gasteiger partial charge in [-0.15, -0.1) is 0 Å². The molecule has 23 heteroatoms. The van der Waals surface area contributed by atoms with Crippen molar-refractivity contribution < 1.29 is 56.8 Å². The first-order valence-electron chi connectivity index (χ1n) is 19.7. The van der Waals surface area contributed by atoms with E-state index in [0.29, 0.717) is 23.6 Å². The lowest BCUT2D eigenvalue weighted by atomic mass is 9.91. The molecule has 3 atom stereocenters. The smallest absolute Gasteiger partial charge is 0.290 e. The molecule has 3 heterocycles. The summed E-state index contributed by atoms with van der Waals surface area (Å²) in [6, 6.07) is 2.64. The van der Waals surface area contributed by atoms with Gasteiger partial charge in [0.15, 0.2) is 15.7 Å². The van der Waals surface area contributed by atoms with Gasteiger partial charge in [-0.25, -0.2) is 43.2 Å². The number of sulfone groups is 1. The summed E-state index contributed by atoms with van der Waals surface area (Å²) < 4.78 is 170. The number of rotatable bonds is 14. The number of alkyl halides is 6. The second-order valence-corrected chi connectivity index (χ2v) is 21.4. The van der Waals surface area contributed by atoms with Crippen LogP contribution in [0.1, 0.15) is 80.5 Å². The minimum Gasteiger partial charge on any atom is -0.370 e. The largest absolute Gasteiger partial charge is 0.370 e. The first-order valence-corrected chi connectivity index (χ1v) is 23.5. The van der Waals surface area contributed by atoms with E-state index < -0.39 is 127 Å². The summed E-state index contributed by atoms with van der Waals surface area (Å²) in [5.41, 5.74) is -2.31. The third-order valence-electron chi connectivity index (χ3n) is 11.1. The maximum atomic E-state index is 15.3. The molecular formula is C41H40ClF8N7O5S2. The standard InChI is InChI=1S/C41H40ClF8N7O5S2/c1-20-17-41(49,50)37-32(20)35(38(47)48)53-57(37)19-31(58)52-29(15-21-13-22(43)16-23(44)14-21)34-26(8-5-24(51-34)11-12-40(2,3)63(4,59)60)27-9-10-28(42)33-36(27)56(18-30(45)46)54-39(33)55-64(61,62)25-6-7-25/h5,8-10,13-14,16,20,24-25,29-30,38,51H,6-7,15,17-19H2,1-4H3,(H,52,58)(H,54,55)/t20-,24?,29-/m0/s1. The Labute approximate surface area is 367 Å². The molecule has 1 aliphatic heterocycles. The molecule has 4 aromatic rings. The molecule has 12 nitrogen and oxygen atoms in total. The van der Waals surface area contributed by atoms with Crippen molar-refractivity contribution in [2.45, 2.75) is 106 Å². The summed E-state index contributed by atoms with van der Waals surface area (Å²) in [5, 5.41) is 12.7. The summed E-state index contributed by atoms with van der Waals surface area (Å²) in [6.45, 7) is 1.93. The van der Waals surface area contributed by atoms with Crippen LogP contribution in [0.5, 0.6) is 0 Å².